The van der Waals surface area contributed by atoms with Gasteiger partial charge in [0.25, 0.3) is 0 Å². The molecule has 0 saturated carbocycles. The topological polar surface area (TPSA) is 9.23 Å². The maximum atomic E-state index is 12.3. The summed E-state index contributed by atoms with van der Waals surface area (Å²) < 4.78 is 17.2. The van der Waals surface area contributed by atoms with E-state index in [0.717, 1.165) is 6.42 Å². The van der Waals surface area contributed by atoms with Crippen LogP contribution in [0.1, 0.15) is 6.42 Å². The summed E-state index contributed by atoms with van der Waals surface area (Å²) in [5.74, 6) is 0.233. The molecule has 1 aliphatic carbocycles. The summed E-state index contributed by atoms with van der Waals surface area (Å²) >= 11 is 0. The Kier molecular flexibility index (Phi) is 2.63. The predicted molar refractivity (Wildman–Crippen MR) is 38.3 cm³/mol. The Hall–Kier alpha value is -0.630. The largest absolute Gasteiger partial charge is 0.384 e. The van der Waals surface area contributed by atoms with Gasteiger partial charge in [-0.15, -0.1) is 0 Å². The summed E-state index contributed by atoms with van der Waals surface area (Å²) in [4.78, 5) is 0. The van der Waals surface area contributed by atoms with Crippen LogP contribution in [-0.4, -0.2) is 13.7 Å². The number of methoxy groups -OCH3 is 1. The molecule has 0 amide bonds. The average molecular weight is 142 g/mol. The van der Waals surface area contributed by atoms with Crippen LogP contribution in [0.2, 0.25) is 0 Å². The van der Waals surface area contributed by atoms with E-state index in [1.165, 1.54) is 6.08 Å². The second kappa shape index (κ2) is 3.52. The van der Waals surface area contributed by atoms with Crippen molar-refractivity contribution in [2.45, 2.75) is 6.42 Å². The fourth-order valence-corrected chi connectivity index (χ4v) is 0.976. The monoisotopic (exact) mass is 142 g/mol. The van der Waals surface area contributed by atoms with Crippen molar-refractivity contribution < 1.29 is 9.13 Å². The number of ether oxygens (including phenoxy) is 1. The Morgan fingerprint density at radius 3 is 3.10 bits per heavy atom. The first-order chi connectivity index (χ1) is 4.83. The van der Waals surface area contributed by atoms with Gasteiger partial charge in [0.15, 0.2) is 0 Å². The molecule has 2 heteroatoms. The molecule has 0 saturated heterocycles. The first kappa shape index (κ1) is 7.48. The third-order valence-electron chi connectivity index (χ3n) is 1.52. The van der Waals surface area contributed by atoms with Gasteiger partial charge in [0.1, 0.15) is 5.83 Å². The fraction of sp³-hybridized carbons (Fsp3) is 0.500. The van der Waals surface area contributed by atoms with Crippen LogP contribution in [0.3, 0.4) is 0 Å². The van der Waals surface area contributed by atoms with Gasteiger partial charge in [0.2, 0.25) is 0 Å². The summed E-state index contributed by atoms with van der Waals surface area (Å²) in [6.45, 7) is 0.681. The van der Waals surface area contributed by atoms with Gasteiger partial charge in [-0.3, -0.25) is 0 Å². The Morgan fingerprint density at radius 2 is 2.60 bits per heavy atom. The van der Waals surface area contributed by atoms with Crippen LogP contribution < -0.4 is 0 Å². The van der Waals surface area contributed by atoms with Crippen molar-refractivity contribution >= 4 is 0 Å². The second-order valence-electron chi connectivity index (χ2n) is 2.40. The molecule has 0 radical (unpaired) electrons. The molecule has 0 bridgehead atoms. The highest BCUT2D eigenvalue weighted by Gasteiger charge is 2.06. The standard InChI is InChI=1S/C8H11FO/c1-10-6-7-2-4-8(9)5-3-7/h2,4-5,7H,3,6H2,1H3. The summed E-state index contributed by atoms with van der Waals surface area (Å²) in [6, 6.07) is 0. The predicted octanol–water partition coefficient (Wildman–Crippen LogP) is 2.06. The van der Waals surface area contributed by atoms with E-state index in [4.69, 9.17) is 4.74 Å². The molecule has 10 heavy (non-hydrogen) atoms. The molecule has 0 heterocycles. The molecule has 1 unspecified atom stereocenters. The first-order valence-corrected chi connectivity index (χ1v) is 3.35. The lowest BCUT2D eigenvalue weighted by Crippen LogP contribution is -2.05. The molecule has 0 N–H and O–H groups in total. The Morgan fingerprint density at radius 1 is 1.80 bits per heavy atom. The smallest absolute Gasteiger partial charge is 0.118 e. The maximum absolute atomic E-state index is 12.3. The third kappa shape index (κ3) is 1.95. The molecule has 0 spiro atoms. The van der Waals surface area contributed by atoms with Gasteiger partial charge in [-0.25, -0.2) is 4.39 Å². The third-order valence-corrected chi connectivity index (χ3v) is 1.52. The van der Waals surface area contributed by atoms with E-state index in [0.29, 0.717) is 12.5 Å². The maximum Gasteiger partial charge on any atom is 0.118 e. The van der Waals surface area contributed by atoms with Crippen molar-refractivity contribution in [2.24, 2.45) is 5.92 Å². The number of allylic oxidation sites excluding steroid dienone is 3. The molecule has 0 aromatic rings. The van der Waals surface area contributed by atoms with E-state index in [2.05, 4.69) is 0 Å². The molecule has 0 aliphatic heterocycles. The summed E-state index contributed by atoms with van der Waals surface area (Å²) in [5.41, 5.74) is 0. The van der Waals surface area contributed by atoms with Gasteiger partial charge in [-0.2, -0.15) is 0 Å². The zero-order valence-corrected chi connectivity index (χ0v) is 6.01. The van der Waals surface area contributed by atoms with Gasteiger partial charge in [-0.05, 0) is 18.6 Å². The van der Waals surface area contributed by atoms with Crippen LogP contribution in [-0.2, 0) is 4.74 Å². The minimum absolute atomic E-state index is 0.132. The molecule has 0 fully saturated rings. The SMILES string of the molecule is COCC1C=CC(F)=CC1. The van der Waals surface area contributed by atoms with E-state index in [1.54, 1.807) is 13.2 Å². The van der Waals surface area contributed by atoms with Crippen LogP contribution in [0.15, 0.2) is 24.1 Å². The van der Waals surface area contributed by atoms with Crippen molar-refractivity contribution in [3.63, 3.8) is 0 Å². The normalized spacial score (nSPS) is 24.6. The lowest BCUT2D eigenvalue weighted by Gasteiger charge is -2.11. The van der Waals surface area contributed by atoms with Gasteiger partial charge in [0, 0.05) is 13.0 Å². The summed E-state index contributed by atoms with van der Waals surface area (Å²) in [6.07, 6.45) is 5.69. The lowest BCUT2D eigenvalue weighted by molar-refractivity contribution is 0.170. The summed E-state index contributed by atoms with van der Waals surface area (Å²) in [7, 11) is 1.66. The lowest BCUT2D eigenvalue weighted by atomic mass is 10.0. The molecule has 1 atom stereocenters. The molecule has 1 rings (SSSR count). The molecule has 56 valence electrons. The zero-order valence-electron chi connectivity index (χ0n) is 6.01. The highest BCUT2D eigenvalue weighted by Crippen LogP contribution is 2.16. The number of halogens is 1. The van der Waals surface area contributed by atoms with Crippen molar-refractivity contribution in [3.05, 3.63) is 24.1 Å². The van der Waals surface area contributed by atoms with Gasteiger partial charge in [0.05, 0.1) is 6.61 Å². The van der Waals surface area contributed by atoms with Crippen LogP contribution >= 0.6 is 0 Å². The highest BCUT2D eigenvalue weighted by molar-refractivity contribution is 5.17. The molecular weight excluding hydrogens is 131 g/mol. The van der Waals surface area contributed by atoms with E-state index in [-0.39, 0.29) is 5.83 Å². The Balaban J connectivity index is 2.37. The van der Waals surface area contributed by atoms with Crippen molar-refractivity contribution in [3.8, 4) is 0 Å². The minimum atomic E-state index is -0.132. The van der Waals surface area contributed by atoms with Crippen molar-refractivity contribution in [1.29, 1.82) is 0 Å². The van der Waals surface area contributed by atoms with Gasteiger partial charge in [-0.1, -0.05) is 6.08 Å². The number of rotatable bonds is 2. The van der Waals surface area contributed by atoms with E-state index >= 15 is 0 Å². The molecular formula is C8H11FO. The second-order valence-corrected chi connectivity index (χ2v) is 2.40. The van der Waals surface area contributed by atoms with E-state index < -0.39 is 0 Å². The first-order valence-electron chi connectivity index (χ1n) is 3.35. The van der Waals surface area contributed by atoms with Crippen LogP contribution in [0.5, 0.6) is 0 Å². The summed E-state index contributed by atoms with van der Waals surface area (Å²) in [5, 5.41) is 0. The molecule has 1 nitrogen and oxygen atoms in total. The Labute approximate surface area is 60.2 Å². The van der Waals surface area contributed by atoms with E-state index in [9.17, 15) is 4.39 Å². The van der Waals surface area contributed by atoms with Crippen LogP contribution in [0.4, 0.5) is 4.39 Å². The van der Waals surface area contributed by atoms with E-state index in [1.807, 2.05) is 6.08 Å². The van der Waals surface area contributed by atoms with Crippen molar-refractivity contribution in [1.82, 2.24) is 0 Å². The van der Waals surface area contributed by atoms with Crippen LogP contribution in [0.25, 0.3) is 0 Å². The minimum Gasteiger partial charge on any atom is -0.384 e. The van der Waals surface area contributed by atoms with Gasteiger partial charge < -0.3 is 4.74 Å². The quantitative estimate of drug-likeness (QED) is 0.573. The molecule has 0 aromatic carbocycles. The van der Waals surface area contributed by atoms with Crippen LogP contribution in [0, 0.1) is 5.92 Å². The molecule has 1 aliphatic rings. The zero-order chi connectivity index (χ0) is 7.40. The number of hydrogen-bond donors (Lipinski definition) is 0. The fourth-order valence-electron chi connectivity index (χ4n) is 0.976. The van der Waals surface area contributed by atoms with Gasteiger partial charge >= 0.3 is 0 Å². The average Bonchev–Trinajstić information content (AvgIpc) is 1.95. The van der Waals surface area contributed by atoms with Crippen molar-refractivity contribution in [2.75, 3.05) is 13.7 Å². The number of hydrogen-bond acceptors (Lipinski definition) is 1. The Bertz CT molecular complexity index is 161. The molecule has 0 aromatic heterocycles. The highest BCUT2D eigenvalue weighted by atomic mass is 19.1.